The number of methoxy groups -OCH3 is 1. The molecule has 92 valence electrons. The van der Waals surface area contributed by atoms with E-state index in [2.05, 4.69) is 4.98 Å². The number of carbonyl (C=O) groups excluding carboxylic acids is 1. The van der Waals surface area contributed by atoms with Crippen LogP contribution in [0.2, 0.25) is 0 Å². The van der Waals surface area contributed by atoms with E-state index in [0.29, 0.717) is 22.4 Å². The summed E-state index contributed by atoms with van der Waals surface area (Å²) in [7, 11) is 1.52. The summed E-state index contributed by atoms with van der Waals surface area (Å²) in [5.41, 5.74) is 1.42. The van der Waals surface area contributed by atoms with Crippen LogP contribution in [0.5, 0.6) is 5.75 Å². The number of ether oxygens (including phenoxy) is 1. The molecule has 4 nitrogen and oxygen atoms in total. The number of rotatable bonds is 4. The molecule has 0 aliphatic carbocycles. The van der Waals surface area contributed by atoms with Crippen molar-refractivity contribution in [1.82, 2.24) is 4.98 Å². The fraction of sp³-hybridized carbons (Fsp3) is 0.143. The lowest BCUT2D eigenvalue weighted by Gasteiger charge is -2.09. The second kappa shape index (κ2) is 5.42. The molecule has 0 unspecified atom stereocenters. The quantitative estimate of drug-likeness (QED) is 0.832. The summed E-state index contributed by atoms with van der Waals surface area (Å²) in [4.78, 5) is 16.3. The maximum Gasteiger partial charge on any atom is 0.197 e. The van der Waals surface area contributed by atoms with Crippen LogP contribution in [0.4, 0.5) is 0 Å². The van der Waals surface area contributed by atoms with Gasteiger partial charge in [0.1, 0.15) is 5.75 Å². The Bertz CT molecular complexity index is 517. The molecule has 0 aliphatic heterocycles. The predicted octanol–water partition coefficient (Wildman–Crippen LogP) is 1.81. The maximum absolute atomic E-state index is 12.4. The molecular weight excluding hydrogens is 230 g/mol. The highest BCUT2D eigenvalue weighted by molar-refractivity contribution is 6.11. The molecule has 18 heavy (non-hydrogen) atoms. The Labute approximate surface area is 105 Å². The lowest BCUT2D eigenvalue weighted by atomic mass is 10.00. The Balaban J connectivity index is 2.48. The van der Waals surface area contributed by atoms with Crippen LogP contribution in [0.25, 0.3) is 0 Å². The number of hydrogen-bond acceptors (Lipinski definition) is 4. The van der Waals surface area contributed by atoms with Crippen LogP contribution in [0, 0.1) is 0 Å². The summed E-state index contributed by atoms with van der Waals surface area (Å²) in [6, 6.07) is 8.60. The van der Waals surface area contributed by atoms with Crippen molar-refractivity contribution in [3.8, 4) is 5.75 Å². The van der Waals surface area contributed by atoms with E-state index < -0.39 is 0 Å². The number of pyridine rings is 1. The van der Waals surface area contributed by atoms with Crippen molar-refractivity contribution in [3.63, 3.8) is 0 Å². The lowest BCUT2D eigenvalue weighted by molar-refractivity contribution is 0.103. The molecule has 0 saturated heterocycles. The number of aliphatic hydroxyl groups is 1. The molecule has 1 N–H and O–H groups in total. The van der Waals surface area contributed by atoms with Gasteiger partial charge in [-0.1, -0.05) is 12.1 Å². The van der Waals surface area contributed by atoms with Crippen LogP contribution in [0.3, 0.4) is 0 Å². The molecule has 1 aromatic heterocycles. The van der Waals surface area contributed by atoms with Gasteiger partial charge in [-0.2, -0.15) is 0 Å². The summed E-state index contributed by atoms with van der Waals surface area (Å²) in [5.74, 6) is 0.335. The maximum atomic E-state index is 12.4. The van der Waals surface area contributed by atoms with Gasteiger partial charge in [0.05, 0.1) is 19.3 Å². The molecule has 0 radical (unpaired) electrons. The van der Waals surface area contributed by atoms with Crippen LogP contribution < -0.4 is 4.74 Å². The molecular formula is C14H13NO3. The molecule has 0 spiro atoms. The average Bonchev–Trinajstić information content (AvgIpc) is 2.46. The second-order valence-corrected chi connectivity index (χ2v) is 3.72. The second-order valence-electron chi connectivity index (χ2n) is 3.72. The van der Waals surface area contributed by atoms with Gasteiger partial charge in [0.15, 0.2) is 5.78 Å². The highest BCUT2D eigenvalue weighted by Gasteiger charge is 2.16. The first kappa shape index (κ1) is 12.3. The molecule has 1 heterocycles. The first-order valence-electron chi connectivity index (χ1n) is 5.49. The van der Waals surface area contributed by atoms with Crippen molar-refractivity contribution in [2.75, 3.05) is 7.11 Å². The Hall–Kier alpha value is -2.20. The molecule has 0 fully saturated rings. The topological polar surface area (TPSA) is 59.4 Å². The fourth-order valence-electron chi connectivity index (χ4n) is 1.75. The number of nitrogens with zero attached hydrogens (tertiary/aromatic N) is 1. The molecule has 2 rings (SSSR count). The number of para-hydroxylation sites is 1. The van der Waals surface area contributed by atoms with E-state index in [0.717, 1.165) is 0 Å². The van der Waals surface area contributed by atoms with Gasteiger partial charge in [0.25, 0.3) is 0 Å². The Morgan fingerprint density at radius 1 is 1.28 bits per heavy atom. The molecule has 1 aromatic carbocycles. The van der Waals surface area contributed by atoms with Gasteiger partial charge in [-0.05, 0) is 18.2 Å². The van der Waals surface area contributed by atoms with Gasteiger partial charge in [-0.3, -0.25) is 9.78 Å². The number of carbonyl (C=O) groups is 1. The Kier molecular flexibility index (Phi) is 3.69. The highest BCUT2D eigenvalue weighted by atomic mass is 16.5. The van der Waals surface area contributed by atoms with E-state index in [1.807, 2.05) is 0 Å². The Morgan fingerprint density at radius 3 is 2.78 bits per heavy atom. The van der Waals surface area contributed by atoms with Crippen molar-refractivity contribution in [2.45, 2.75) is 6.61 Å². The summed E-state index contributed by atoms with van der Waals surface area (Å²) < 4.78 is 5.16. The standard InChI is InChI=1S/C14H13NO3/c1-18-13-5-3-2-4-12(13)14(17)11-6-7-15-8-10(11)9-16/h2-8,16H,9H2,1H3. The van der Waals surface area contributed by atoms with Crippen LogP contribution in [0.15, 0.2) is 42.7 Å². The lowest BCUT2D eigenvalue weighted by Crippen LogP contribution is -2.07. The van der Waals surface area contributed by atoms with Gasteiger partial charge >= 0.3 is 0 Å². The zero-order chi connectivity index (χ0) is 13.0. The monoisotopic (exact) mass is 243 g/mol. The smallest absolute Gasteiger partial charge is 0.197 e. The van der Waals surface area contributed by atoms with Crippen molar-refractivity contribution in [1.29, 1.82) is 0 Å². The summed E-state index contributed by atoms with van der Waals surface area (Å²) >= 11 is 0. The molecule has 0 atom stereocenters. The van der Waals surface area contributed by atoms with Crippen molar-refractivity contribution in [2.24, 2.45) is 0 Å². The number of ketones is 1. The van der Waals surface area contributed by atoms with Crippen molar-refractivity contribution >= 4 is 5.78 Å². The number of benzene rings is 1. The minimum Gasteiger partial charge on any atom is -0.496 e. The number of aromatic nitrogens is 1. The Morgan fingerprint density at radius 2 is 2.06 bits per heavy atom. The fourth-order valence-corrected chi connectivity index (χ4v) is 1.75. The van der Waals surface area contributed by atoms with E-state index >= 15 is 0 Å². The largest absolute Gasteiger partial charge is 0.496 e. The van der Waals surface area contributed by atoms with Crippen molar-refractivity contribution in [3.05, 3.63) is 59.4 Å². The third kappa shape index (κ3) is 2.24. The van der Waals surface area contributed by atoms with E-state index in [1.165, 1.54) is 19.5 Å². The van der Waals surface area contributed by atoms with Gasteiger partial charge in [0, 0.05) is 23.5 Å². The minimum atomic E-state index is -0.218. The van der Waals surface area contributed by atoms with Crippen LogP contribution in [0.1, 0.15) is 21.5 Å². The zero-order valence-corrected chi connectivity index (χ0v) is 9.96. The van der Waals surface area contributed by atoms with Crippen LogP contribution >= 0.6 is 0 Å². The van der Waals surface area contributed by atoms with E-state index in [-0.39, 0.29) is 12.4 Å². The summed E-state index contributed by atoms with van der Waals surface area (Å²) in [6.07, 6.45) is 3.02. The molecule has 0 amide bonds. The summed E-state index contributed by atoms with van der Waals surface area (Å²) in [5, 5.41) is 9.22. The third-order valence-electron chi connectivity index (χ3n) is 2.67. The SMILES string of the molecule is COc1ccccc1C(=O)c1ccncc1CO. The van der Waals surface area contributed by atoms with Gasteiger partial charge in [0.2, 0.25) is 0 Å². The third-order valence-corrected chi connectivity index (χ3v) is 2.67. The van der Waals surface area contributed by atoms with E-state index in [4.69, 9.17) is 4.74 Å². The van der Waals surface area contributed by atoms with Gasteiger partial charge in [-0.25, -0.2) is 0 Å². The minimum absolute atomic E-state index is 0.182. The van der Waals surface area contributed by atoms with Gasteiger partial charge in [-0.15, -0.1) is 0 Å². The zero-order valence-electron chi connectivity index (χ0n) is 9.96. The molecule has 0 bridgehead atoms. The first-order valence-corrected chi connectivity index (χ1v) is 5.49. The van der Waals surface area contributed by atoms with Crippen LogP contribution in [-0.2, 0) is 6.61 Å². The average molecular weight is 243 g/mol. The number of hydrogen-bond donors (Lipinski definition) is 1. The van der Waals surface area contributed by atoms with Gasteiger partial charge < -0.3 is 9.84 Å². The molecule has 0 saturated carbocycles. The van der Waals surface area contributed by atoms with Crippen LogP contribution in [-0.4, -0.2) is 23.0 Å². The van der Waals surface area contributed by atoms with E-state index in [9.17, 15) is 9.90 Å². The van der Waals surface area contributed by atoms with Crippen molar-refractivity contribution < 1.29 is 14.6 Å². The highest BCUT2D eigenvalue weighted by Crippen LogP contribution is 2.22. The normalized spacial score (nSPS) is 10.1. The predicted molar refractivity (Wildman–Crippen MR) is 66.6 cm³/mol. The first-order chi connectivity index (χ1) is 8.77. The number of aliphatic hydroxyl groups excluding tert-OH is 1. The summed E-state index contributed by atoms with van der Waals surface area (Å²) in [6.45, 7) is -0.218. The molecule has 2 aromatic rings. The molecule has 0 aliphatic rings. The molecule has 4 heteroatoms. The van der Waals surface area contributed by atoms with E-state index in [1.54, 1.807) is 30.3 Å².